The lowest BCUT2D eigenvalue weighted by Gasteiger charge is -2.23. The number of methoxy groups -OCH3 is 1. The summed E-state index contributed by atoms with van der Waals surface area (Å²) in [6.45, 7) is 1.47. The van der Waals surface area contributed by atoms with E-state index < -0.39 is 0 Å². The molecule has 1 aliphatic heterocycles. The summed E-state index contributed by atoms with van der Waals surface area (Å²) in [5, 5.41) is 4.89. The van der Waals surface area contributed by atoms with Gasteiger partial charge >= 0.3 is 0 Å². The van der Waals surface area contributed by atoms with E-state index in [1.165, 1.54) is 5.56 Å². The normalized spacial score (nSPS) is 12.9. The zero-order chi connectivity index (χ0) is 21.0. The Morgan fingerprint density at radius 3 is 2.65 bits per heavy atom. The second-order valence-corrected chi connectivity index (χ2v) is 7.05. The number of ether oxygens (including phenoxy) is 3. The van der Waals surface area contributed by atoms with Crippen LogP contribution in [0, 0.1) is 0 Å². The van der Waals surface area contributed by atoms with Gasteiger partial charge in [-0.05, 0) is 23.8 Å². The molecule has 1 aliphatic rings. The average Bonchev–Trinajstić information content (AvgIpc) is 3.49. The predicted octanol–water partition coefficient (Wildman–Crippen LogP) is 3.65. The highest BCUT2D eigenvalue weighted by Gasteiger charge is 2.17. The Morgan fingerprint density at radius 1 is 1.00 bits per heavy atom. The minimum atomic E-state index is 0.247. The van der Waals surface area contributed by atoms with Gasteiger partial charge in [0, 0.05) is 24.4 Å². The third-order valence-electron chi connectivity index (χ3n) is 5.00. The van der Waals surface area contributed by atoms with Gasteiger partial charge in [0.25, 0.3) is 0 Å². The van der Waals surface area contributed by atoms with Crippen molar-refractivity contribution in [3.05, 3.63) is 84.6 Å². The van der Waals surface area contributed by atoms with Gasteiger partial charge in [-0.3, -0.25) is 0 Å². The van der Waals surface area contributed by atoms with E-state index in [0.717, 1.165) is 28.5 Å². The molecule has 0 radical (unpaired) electrons. The Labute approximate surface area is 179 Å². The number of rotatable bonds is 7. The maximum Gasteiger partial charge on any atom is 0.229 e. The van der Waals surface area contributed by atoms with Gasteiger partial charge in [-0.25, -0.2) is 14.5 Å². The van der Waals surface area contributed by atoms with Crippen LogP contribution in [0.1, 0.15) is 5.56 Å². The van der Waals surface area contributed by atoms with Crippen molar-refractivity contribution in [1.29, 1.82) is 0 Å². The molecule has 0 N–H and O–H groups in total. The number of benzene rings is 1. The molecule has 8 heteroatoms. The molecule has 0 bridgehead atoms. The molecule has 0 spiro atoms. The van der Waals surface area contributed by atoms with Crippen LogP contribution in [0.4, 0.5) is 5.82 Å². The molecule has 156 valence electrons. The maximum atomic E-state index is 5.56. The zero-order valence-electron chi connectivity index (χ0n) is 17.0. The minimum absolute atomic E-state index is 0.247. The van der Waals surface area contributed by atoms with Crippen molar-refractivity contribution in [3.63, 3.8) is 0 Å². The quantitative estimate of drug-likeness (QED) is 0.456. The van der Waals surface area contributed by atoms with Gasteiger partial charge < -0.3 is 19.1 Å². The summed E-state index contributed by atoms with van der Waals surface area (Å²) in [5.74, 6) is 2.13. The Balaban J connectivity index is 1.52. The lowest BCUT2D eigenvalue weighted by atomic mass is 10.2. The Bertz CT molecular complexity index is 1210. The van der Waals surface area contributed by atoms with Crippen LogP contribution in [0.15, 0.2) is 79.0 Å². The van der Waals surface area contributed by atoms with Crippen LogP contribution < -0.4 is 9.64 Å². The van der Waals surface area contributed by atoms with Crippen LogP contribution >= 0.6 is 0 Å². The highest BCUT2D eigenvalue weighted by atomic mass is 16.7. The van der Waals surface area contributed by atoms with Gasteiger partial charge in [-0.2, -0.15) is 0 Å². The Kier molecular flexibility index (Phi) is 5.10. The summed E-state index contributed by atoms with van der Waals surface area (Å²) in [6, 6.07) is 18.0. The fourth-order valence-electron chi connectivity index (χ4n) is 3.45. The van der Waals surface area contributed by atoms with Crippen molar-refractivity contribution in [1.82, 2.24) is 19.6 Å². The Hall–Kier alpha value is -4.07. The molecule has 0 amide bonds. The number of pyridine rings is 1. The molecule has 4 heterocycles. The first kappa shape index (κ1) is 18.9. The first-order valence-electron chi connectivity index (χ1n) is 9.88. The molecule has 0 fully saturated rings. The van der Waals surface area contributed by atoms with Crippen LogP contribution in [-0.2, 0) is 16.0 Å². The van der Waals surface area contributed by atoms with Crippen LogP contribution in [0.25, 0.3) is 16.9 Å². The van der Waals surface area contributed by atoms with E-state index in [2.05, 4.69) is 27.0 Å². The van der Waals surface area contributed by atoms with Crippen molar-refractivity contribution in [3.8, 4) is 17.1 Å². The highest BCUT2D eigenvalue weighted by molar-refractivity contribution is 5.63. The number of imidazole rings is 1. The smallest absolute Gasteiger partial charge is 0.229 e. The lowest BCUT2D eigenvalue weighted by Crippen LogP contribution is -2.27. The standard InChI is InChI=1S/C23H21N5O3/c1-29-23-10-7-18(11-25-23)20-12-24-21-8-9-22(26-28(20)21)27(14-19-15-30-16-31-19)13-17-5-3-2-4-6-17/h2-12,15H,13-14,16H2,1H3. The summed E-state index contributed by atoms with van der Waals surface area (Å²) >= 11 is 0. The van der Waals surface area contributed by atoms with Crippen LogP contribution in [-0.4, -0.2) is 40.0 Å². The number of anilines is 1. The fraction of sp³-hybridized carbons (Fsp3) is 0.174. The summed E-state index contributed by atoms with van der Waals surface area (Å²) in [6.07, 6.45) is 5.21. The number of fused-ring (bicyclic) bond motifs is 1. The lowest BCUT2D eigenvalue weighted by molar-refractivity contribution is 0.0797. The van der Waals surface area contributed by atoms with E-state index in [4.69, 9.17) is 19.3 Å². The van der Waals surface area contributed by atoms with Crippen molar-refractivity contribution in [2.24, 2.45) is 0 Å². The molecular weight excluding hydrogens is 394 g/mol. The minimum Gasteiger partial charge on any atom is -0.481 e. The molecule has 1 aromatic carbocycles. The number of aromatic nitrogens is 4. The molecule has 0 unspecified atom stereocenters. The number of hydrogen-bond donors (Lipinski definition) is 0. The summed E-state index contributed by atoms with van der Waals surface area (Å²) in [4.78, 5) is 10.9. The SMILES string of the molecule is COc1ccc(-c2cnc3ccc(N(CC4=COCO4)Cc4ccccc4)nn23)cn1. The van der Waals surface area contributed by atoms with Crippen LogP contribution in [0.2, 0.25) is 0 Å². The fourth-order valence-corrected chi connectivity index (χ4v) is 3.45. The third kappa shape index (κ3) is 4.00. The van der Waals surface area contributed by atoms with Crippen molar-refractivity contribution < 1.29 is 14.2 Å². The molecule has 3 aromatic heterocycles. The Morgan fingerprint density at radius 2 is 1.90 bits per heavy atom. The average molecular weight is 415 g/mol. The monoisotopic (exact) mass is 415 g/mol. The van der Waals surface area contributed by atoms with Gasteiger partial charge in [0.1, 0.15) is 12.1 Å². The van der Waals surface area contributed by atoms with Gasteiger partial charge in [0.15, 0.2) is 11.4 Å². The molecule has 5 rings (SSSR count). The van der Waals surface area contributed by atoms with Gasteiger partial charge in [-0.1, -0.05) is 30.3 Å². The number of nitrogens with zero attached hydrogens (tertiary/aromatic N) is 5. The maximum absolute atomic E-state index is 5.56. The third-order valence-corrected chi connectivity index (χ3v) is 5.00. The largest absolute Gasteiger partial charge is 0.481 e. The van der Waals surface area contributed by atoms with Gasteiger partial charge in [-0.15, -0.1) is 5.10 Å². The molecule has 4 aromatic rings. The van der Waals surface area contributed by atoms with E-state index in [-0.39, 0.29) is 6.79 Å². The van der Waals surface area contributed by atoms with Gasteiger partial charge in [0.2, 0.25) is 12.7 Å². The molecule has 31 heavy (non-hydrogen) atoms. The second-order valence-electron chi connectivity index (χ2n) is 7.05. The highest BCUT2D eigenvalue weighted by Crippen LogP contribution is 2.24. The van der Waals surface area contributed by atoms with Crippen molar-refractivity contribution >= 4 is 11.5 Å². The predicted molar refractivity (Wildman–Crippen MR) is 115 cm³/mol. The first-order valence-corrected chi connectivity index (χ1v) is 9.88. The van der Waals surface area contributed by atoms with Gasteiger partial charge in [0.05, 0.1) is 25.5 Å². The first-order chi connectivity index (χ1) is 15.3. The molecule has 8 nitrogen and oxygen atoms in total. The molecule has 0 saturated heterocycles. The topological polar surface area (TPSA) is 74.0 Å². The van der Waals surface area contributed by atoms with Crippen LogP contribution in [0.5, 0.6) is 5.88 Å². The molecule has 0 atom stereocenters. The summed E-state index contributed by atoms with van der Waals surface area (Å²) in [7, 11) is 1.60. The van der Waals surface area contributed by atoms with E-state index in [9.17, 15) is 0 Å². The van der Waals surface area contributed by atoms with Crippen molar-refractivity contribution in [2.75, 3.05) is 25.3 Å². The van der Waals surface area contributed by atoms with Crippen molar-refractivity contribution in [2.45, 2.75) is 6.54 Å². The number of hydrogen-bond acceptors (Lipinski definition) is 7. The van der Waals surface area contributed by atoms with E-state index in [0.29, 0.717) is 19.0 Å². The molecule has 0 aliphatic carbocycles. The second kappa shape index (κ2) is 8.35. The summed E-state index contributed by atoms with van der Waals surface area (Å²) < 4.78 is 17.8. The summed E-state index contributed by atoms with van der Waals surface area (Å²) in [5.41, 5.74) is 3.69. The van der Waals surface area contributed by atoms with Crippen LogP contribution in [0.3, 0.4) is 0 Å². The molecule has 0 saturated carbocycles. The zero-order valence-corrected chi connectivity index (χ0v) is 17.0. The van der Waals surface area contributed by atoms with E-state index in [1.54, 1.807) is 25.8 Å². The van der Waals surface area contributed by atoms with E-state index >= 15 is 0 Å². The molecular formula is C23H21N5O3. The van der Waals surface area contributed by atoms with E-state index in [1.807, 2.05) is 47.0 Å².